The molecule has 0 aliphatic carbocycles. The number of aryl methyl sites for hydroxylation is 1. The summed E-state index contributed by atoms with van der Waals surface area (Å²) in [5.74, 6) is 0.522. The fourth-order valence-corrected chi connectivity index (χ4v) is 4.14. The van der Waals surface area contributed by atoms with E-state index >= 15 is 0 Å². The fourth-order valence-electron chi connectivity index (χ4n) is 2.43. The van der Waals surface area contributed by atoms with Crippen molar-refractivity contribution in [3.05, 3.63) is 49.7 Å². The number of carbonyl (C=O) groups is 1. The third-order valence-electron chi connectivity index (χ3n) is 3.85. The minimum atomic E-state index is -0.595. The average molecular weight is 438 g/mol. The summed E-state index contributed by atoms with van der Waals surface area (Å²) in [5, 5.41) is 24.6. The van der Waals surface area contributed by atoms with Gasteiger partial charge in [0.25, 0.3) is 5.69 Å². The highest BCUT2D eigenvalue weighted by Gasteiger charge is 2.16. The smallest absolute Gasteiger partial charge is 0.289 e. The molecule has 0 aliphatic heterocycles. The van der Waals surface area contributed by atoms with E-state index < -0.39 is 4.92 Å². The van der Waals surface area contributed by atoms with Gasteiger partial charge in [-0.1, -0.05) is 30.3 Å². The van der Waals surface area contributed by atoms with E-state index in [0.29, 0.717) is 10.8 Å². The maximum absolute atomic E-state index is 12.2. The molecule has 1 amide bonds. The number of nitro benzene ring substituents is 1. The van der Waals surface area contributed by atoms with Gasteiger partial charge in [0.2, 0.25) is 5.91 Å². The third kappa shape index (κ3) is 4.51. The van der Waals surface area contributed by atoms with Crippen molar-refractivity contribution < 1.29 is 9.72 Å². The van der Waals surface area contributed by atoms with Gasteiger partial charge in [0, 0.05) is 34.6 Å². The van der Waals surface area contributed by atoms with Gasteiger partial charge in [-0.25, -0.2) is 0 Å². The average Bonchev–Trinajstić information content (AvgIpc) is 3.27. The first kappa shape index (κ1) is 20.3. The molecule has 0 saturated heterocycles. The van der Waals surface area contributed by atoms with Crippen LogP contribution in [0, 0.1) is 10.1 Å². The number of thiophene rings is 1. The van der Waals surface area contributed by atoms with E-state index in [-0.39, 0.29) is 22.4 Å². The first-order valence-electron chi connectivity index (χ1n) is 8.22. The highest BCUT2D eigenvalue weighted by Crippen LogP contribution is 2.29. The first-order valence-corrected chi connectivity index (χ1v) is 10.5. The number of thioether (sulfide) groups is 1. The van der Waals surface area contributed by atoms with Gasteiger partial charge in [-0.15, -0.1) is 21.5 Å². The Morgan fingerprint density at radius 3 is 2.86 bits per heavy atom. The quantitative estimate of drug-likeness (QED) is 0.334. The van der Waals surface area contributed by atoms with Gasteiger partial charge < -0.3 is 9.88 Å². The van der Waals surface area contributed by atoms with Crippen LogP contribution >= 0.6 is 34.7 Å². The SMILES string of the molecule is CCc1cc(-c2nnc(SCC(=O)Nc3ccc(Cl)c([N+](=O)[O-])c3)n2C)cs1. The topological polar surface area (TPSA) is 103 Å². The molecule has 2 aromatic heterocycles. The molecule has 146 valence electrons. The third-order valence-corrected chi connectivity index (χ3v) is 6.28. The molecule has 0 atom stereocenters. The lowest BCUT2D eigenvalue weighted by atomic mass is 10.2. The van der Waals surface area contributed by atoms with Crippen LogP contribution < -0.4 is 5.32 Å². The number of hydrogen-bond acceptors (Lipinski definition) is 7. The van der Waals surface area contributed by atoms with Gasteiger partial charge in [-0.05, 0) is 24.6 Å². The molecule has 0 fully saturated rings. The molecule has 0 aliphatic rings. The molecule has 0 bridgehead atoms. The number of nitrogens with one attached hydrogen (secondary N) is 1. The van der Waals surface area contributed by atoms with Crippen molar-refractivity contribution in [2.24, 2.45) is 7.05 Å². The molecule has 0 unspecified atom stereocenters. The number of nitrogens with zero attached hydrogens (tertiary/aromatic N) is 4. The summed E-state index contributed by atoms with van der Waals surface area (Å²) in [6, 6.07) is 6.21. The zero-order chi connectivity index (χ0) is 20.3. The molecule has 0 saturated carbocycles. The number of anilines is 1. The Labute approximate surface area is 174 Å². The molecule has 1 aromatic carbocycles. The van der Waals surface area contributed by atoms with Crippen molar-refractivity contribution in [2.75, 3.05) is 11.1 Å². The van der Waals surface area contributed by atoms with Crippen LogP contribution in [0.25, 0.3) is 11.4 Å². The molecule has 0 spiro atoms. The van der Waals surface area contributed by atoms with Crippen LogP contribution in [-0.2, 0) is 18.3 Å². The Morgan fingerprint density at radius 2 is 2.18 bits per heavy atom. The molecule has 11 heteroatoms. The van der Waals surface area contributed by atoms with Gasteiger partial charge in [0.05, 0.1) is 10.7 Å². The molecule has 2 heterocycles. The molecule has 8 nitrogen and oxygen atoms in total. The largest absolute Gasteiger partial charge is 0.325 e. The second-order valence-corrected chi connectivity index (χ2v) is 8.13. The normalized spacial score (nSPS) is 10.8. The van der Waals surface area contributed by atoms with Gasteiger partial charge >= 0.3 is 0 Å². The Bertz CT molecular complexity index is 1030. The zero-order valence-electron chi connectivity index (χ0n) is 15.0. The van der Waals surface area contributed by atoms with E-state index in [2.05, 4.69) is 28.5 Å². The molecule has 28 heavy (non-hydrogen) atoms. The predicted molar refractivity (Wildman–Crippen MR) is 111 cm³/mol. The van der Waals surface area contributed by atoms with E-state index in [0.717, 1.165) is 17.8 Å². The monoisotopic (exact) mass is 437 g/mol. The summed E-state index contributed by atoms with van der Waals surface area (Å²) in [6.45, 7) is 2.10. The lowest BCUT2D eigenvalue weighted by Gasteiger charge is -2.06. The van der Waals surface area contributed by atoms with E-state index in [9.17, 15) is 14.9 Å². The molecular weight excluding hydrogens is 422 g/mol. The minimum Gasteiger partial charge on any atom is -0.325 e. The van der Waals surface area contributed by atoms with Crippen molar-refractivity contribution in [2.45, 2.75) is 18.5 Å². The number of amides is 1. The summed E-state index contributed by atoms with van der Waals surface area (Å²) in [4.78, 5) is 23.8. The number of rotatable bonds is 7. The standard InChI is InChI=1S/C17H16ClN5O3S2/c1-3-12-6-10(8-27-12)16-20-21-17(22(16)2)28-9-15(24)19-11-4-5-13(18)14(7-11)23(25)26/h4-8H,3,9H2,1-2H3,(H,19,24). The number of benzene rings is 1. The van der Waals surface area contributed by atoms with E-state index in [1.165, 1.54) is 34.8 Å². The van der Waals surface area contributed by atoms with Crippen molar-refractivity contribution in [3.63, 3.8) is 0 Å². The molecule has 0 radical (unpaired) electrons. The molecular formula is C17H16ClN5O3S2. The van der Waals surface area contributed by atoms with Crippen LogP contribution in [0.5, 0.6) is 0 Å². The second-order valence-electron chi connectivity index (χ2n) is 5.78. The maximum atomic E-state index is 12.2. The lowest BCUT2D eigenvalue weighted by molar-refractivity contribution is -0.384. The summed E-state index contributed by atoms with van der Waals surface area (Å²) in [7, 11) is 1.85. The Morgan fingerprint density at radius 1 is 1.39 bits per heavy atom. The van der Waals surface area contributed by atoms with Crippen LogP contribution in [0.1, 0.15) is 11.8 Å². The second kappa shape index (κ2) is 8.72. The van der Waals surface area contributed by atoms with Crippen molar-refractivity contribution in [3.8, 4) is 11.4 Å². The van der Waals surface area contributed by atoms with Gasteiger partial charge in [-0.3, -0.25) is 14.9 Å². The lowest BCUT2D eigenvalue weighted by Crippen LogP contribution is -2.14. The minimum absolute atomic E-state index is 0.0173. The van der Waals surface area contributed by atoms with Crippen molar-refractivity contribution in [1.29, 1.82) is 0 Å². The summed E-state index contributed by atoms with van der Waals surface area (Å²) < 4.78 is 1.84. The number of hydrogen-bond donors (Lipinski definition) is 1. The summed E-state index contributed by atoms with van der Waals surface area (Å²) in [6.07, 6.45) is 0.965. The number of nitro groups is 1. The highest BCUT2D eigenvalue weighted by atomic mass is 35.5. The Kier molecular flexibility index (Phi) is 6.32. The van der Waals surface area contributed by atoms with Crippen LogP contribution in [0.2, 0.25) is 5.02 Å². The number of aromatic nitrogens is 3. The zero-order valence-corrected chi connectivity index (χ0v) is 17.4. The first-order chi connectivity index (χ1) is 13.4. The summed E-state index contributed by atoms with van der Waals surface area (Å²) in [5.41, 5.74) is 1.06. The maximum Gasteiger partial charge on any atom is 0.289 e. The van der Waals surface area contributed by atoms with Crippen molar-refractivity contribution >= 4 is 52.0 Å². The van der Waals surface area contributed by atoms with E-state index in [4.69, 9.17) is 11.6 Å². The number of carbonyl (C=O) groups excluding carboxylic acids is 1. The van der Waals surface area contributed by atoms with E-state index in [1.807, 2.05) is 17.0 Å². The molecule has 3 rings (SSSR count). The predicted octanol–water partition coefficient (Wildman–Crippen LogP) is 4.40. The molecule has 3 aromatic rings. The number of halogens is 1. The van der Waals surface area contributed by atoms with Crippen LogP contribution in [0.15, 0.2) is 34.8 Å². The fraction of sp³-hybridized carbons (Fsp3) is 0.235. The van der Waals surface area contributed by atoms with E-state index in [1.54, 1.807) is 11.3 Å². The van der Waals surface area contributed by atoms with Crippen LogP contribution in [-0.4, -0.2) is 31.3 Å². The van der Waals surface area contributed by atoms with Crippen LogP contribution in [0.3, 0.4) is 0 Å². The van der Waals surface area contributed by atoms with Crippen LogP contribution in [0.4, 0.5) is 11.4 Å². The summed E-state index contributed by atoms with van der Waals surface area (Å²) >= 11 is 8.69. The van der Waals surface area contributed by atoms with Crippen molar-refractivity contribution in [1.82, 2.24) is 14.8 Å². The Hall–Kier alpha value is -2.43. The molecule has 1 N–H and O–H groups in total. The highest BCUT2D eigenvalue weighted by molar-refractivity contribution is 7.99. The van der Waals surface area contributed by atoms with Gasteiger partial charge in [0.1, 0.15) is 5.02 Å². The van der Waals surface area contributed by atoms with Gasteiger partial charge in [-0.2, -0.15) is 0 Å². The van der Waals surface area contributed by atoms with Gasteiger partial charge in [0.15, 0.2) is 11.0 Å². The Balaban J connectivity index is 1.64.